The highest BCUT2D eigenvalue weighted by atomic mass is 16.5. The fourth-order valence-corrected chi connectivity index (χ4v) is 3.81. The van der Waals surface area contributed by atoms with Crippen molar-refractivity contribution in [1.29, 1.82) is 0 Å². The van der Waals surface area contributed by atoms with Crippen LogP contribution in [0.1, 0.15) is 39.9 Å². The number of carboxylic acids is 1. The van der Waals surface area contributed by atoms with Crippen LogP contribution in [0.3, 0.4) is 0 Å². The van der Waals surface area contributed by atoms with Gasteiger partial charge in [-0.3, -0.25) is 9.59 Å². The Kier molecular flexibility index (Phi) is 6.32. The van der Waals surface area contributed by atoms with E-state index in [0.29, 0.717) is 43.1 Å². The monoisotopic (exact) mass is 416 g/mol. The minimum Gasteiger partial charge on any atom is -0.485 e. The Morgan fingerprint density at radius 1 is 0.871 bits per heavy atom. The Morgan fingerprint density at radius 3 is 1.97 bits per heavy atom. The number of carbonyl (C=O) groups is 2. The van der Waals surface area contributed by atoms with Gasteiger partial charge in [-0.1, -0.05) is 60.7 Å². The highest BCUT2D eigenvalue weighted by molar-refractivity contribution is 6.03. The summed E-state index contributed by atoms with van der Waals surface area (Å²) in [5.74, 6) is -0.105. The van der Waals surface area contributed by atoms with Gasteiger partial charge < -0.3 is 14.6 Å². The molecule has 5 nitrogen and oxygen atoms in total. The van der Waals surface area contributed by atoms with Gasteiger partial charge in [-0.15, -0.1) is 0 Å². The molecule has 1 atom stereocenters. The smallest absolute Gasteiger partial charge is 0.303 e. The molecular formula is C26H24O5. The molecule has 1 unspecified atom stereocenters. The SMILES string of the molecule is O=C(O)CCC1Cc2cc(OCc3ccccc3)c(OCc3ccccc3)cc2C1=O. The molecule has 0 spiro atoms. The third kappa shape index (κ3) is 5.12. The van der Waals surface area contributed by atoms with E-state index in [1.54, 1.807) is 6.07 Å². The average molecular weight is 416 g/mol. The zero-order chi connectivity index (χ0) is 21.6. The van der Waals surface area contributed by atoms with Crippen LogP contribution in [0.25, 0.3) is 0 Å². The molecule has 0 fully saturated rings. The largest absolute Gasteiger partial charge is 0.485 e. The molecule has 0 radical (unpaired) electrons. The fraction of sp³-hybridized carbons (Fsp3) is 0.231. The molecule has 0 aliphatic heterocycles. The van der Waals surface area contributed by atoms with Crippen molar-refractivity contribution in [2.45, 2.75) is 32.5 Å². The Morgan fingerprint density at radius 2 is 1.42 bits per heavy atom. The summed E-state index contributed by atoms with van der Waals surface area (Å²) in [5.41, 5.74) is 3.54. The molecular weight excluding hydrogens is 392 g/mol. The van der Waals surface area contributed by atoms with E-state index in [9.17, 15) is 9.59 Å². The highest BCUT2D eigenvalue weighted by Crippen LogP contribution is 2.39. The maximum Gasteiger partial charge on any atom is 0.303 e. The average Bonchev–Trinajstić information content (AvgIpc) is 3.10. The van der Waals surface area contributed by atoms with E-state index < -0.39 is 5.97 Å². The van der Waals surface area contributed by atoms with E-state index in [0.717, 1.165) is 16.7 Å². The van der Waals surface area contributed by atoms with Crippen molar-refractivity contribution in [3.8, 4) is 11.5 Å². The van der Waals surface area contributed by atoms with Gasteiger partial charge in [0, 0.05) is 17.9 Å². The van der Waals surface area contributed by atoms with Crippen LogP contribution in [0.5, 0.6) is 11.5 Å². The topological polar surface area (TPSA) is 72.8 Å². The summed E-state index contributed by atoms with van der Waals surface area (Å²) in [6.07, 6.45) is 0.852. The molecule has 0 heterocycles. The Hall–Kier alpha value is -3.60. The molecule has 158 valence electrons. The molecule has 4 rings (SSSR count). The van der Waals surface area contributed by atoms with E-state index >= 15 is 0 Å². The second kappa shape index (κ2) is 9.47. The summed E-state index contributed by atoms with van der Waals surface area (Å²) in [6, 6.07) is 23.3. The molecule has 1 aliphatic carbocycles. The second-order valence-corrected chi connectivity index (χ2v) is 7.70. The number of rotatable bonds is 9. The number of carboxylic acid groups (broad SMARTS) is 1. The first-order chi connectivity index (χ1) is 15.1. The number of fused-ring (bicyclic) bond motifs is 1. The summed E-state index contributed by atoms with van der Waals surface area (Å²) >= 11 is 0. The summed E-state index contributed by atoms with van der Waals surface area (Å²) in [5, 5.41) is 8.97. The van der Waals surface area contributed by atoms with Gasteiger partial charge in [-0.25, -0.2) is 0 Å². The molecule has 31 heavy (non-hydrogen) atoms. The number of ether oxygens (including phenoxy) is 2. The highest BCUT2D eigenvalue weighted by Gasteiger charge is 2.32. The zero-order valence-electron chi connectivity index (χ0n) is 17.1. The van der Waals surface area contributed by atoms with Crippen LogP contribution in [0, 0.1) is 5.92 Å². The number of hydrogen-bond donors (Lipinski definition) is 1. The van der Waals surface area contributed by atoms with Crippen LogP contribution in [0.15, 0.2) is 72.8 Å². The quantitative estimate of drug-likeness (QED) is 0.528. The normalized spacial score (nSPS) is 14.8. The first kappa shape index (κ1) is 20.7. The van der Waals surface area contributed by atoms with Crippen molar-refractivity contribution < 1.29 is 24.2 Å². The summed E-state index contributed by atoms with van der Waals surface area (Å²) < 4.78 is 12.1. The van der Waals surface area contributed by atoms with Gasteiger partial charge >= 0.3 is 5.97 Å². The Balaban J connectivity index is 1.57. The lowest BCUT2D eigenvalue weighted by Gasteiger charge is -2.15. The van der Waals surface area contributed by atoms with Crippen molar-refractivity contribution in [2.24, 2.45) is 5.92 Å². The van der Waals surface area contributed by atoms with Gasteiger partial charge in [0.05, 0.1) is 0 Å². The van der Waals surface area contributed by atoms with E-state index in [1.807, 2.05) is 66.7 Å². The number of hydrogen-bond acceptors (Lipinski definition) is 4. The number of aliphatic carboxylic acids is 1. The van der Waals surface area contributed by atoms with Gasteiger partial charge in [0.2, 0.25) is 0 Å². The molecule has 0 bridgehead atoms. The van der Waals surface area contributed by atoms with Crippen LogP contribution in [-0.4, -0.2) is 16.9 Å². The van der Waals surface area contributed by atoms with Gasteiger partial charge in [0.25, 0.3) is 0 Å². The summed E-state index contributed by atoms with van der Waals surface area (Å²) in [7, 11) is 0. The van der Waals surface area contributed by atoms with Gasteiger partial charge in [0.15, 0.2) is 17.3 Å². The zero-order valence-corrected chi connectivity index (χ0v) is 17.1. The van der Waals surface area contributed by atoms with E-state index in [-0.39, 0.29) is 18.1 Å². The fourth-order valence-electron chi connectivity index (χ4n) is 3.81. The van der Waals surface area contributed by atoms with Crippen LogP contribution in [0.2, 0.25) is 0 Å². The number of ketones is 1. The summed E-state index contributed by atoms with van der Waals surface area (Å²) in [4.78, 5) is 23.8. The van der Waals surface area contributed by atoms with Crippen molar-refractivity contribution in [3.63, 3.8) is 0 Å². The molecule has 0 aromatic heterocycles. The molecule has 0 amide bonds. The van der Waals surface area contributed by atoms with Gasteiger partial charge in [-0.05, 0) is 41.7 Å². The lowest BCUT2D eigenvalue weighted by atomic mass is 9.99. The number of carbonyl (C=O) groups excluding carboxylic acids is 1. The Bertz CT molecular complexity index is 1060. The molecule has 5 heteroatoms. The van der Waals surface area contributed by atoms with Crippen LogP contribution >= 0.6 is 0 Å². The van der Waals surface area contributed by atoms with Crippen molar-refractivity contribution in [2.75, 3.05) is 0 Å². The molecule has 1 N–H and O–H groups in total. The minimum absolute atomic E-state index is 0.0148. The predicted octanol–water partition coefficient (Wildman–Crippen LogP) is 5.06. The third-order valence-electron chi connectivity index (χ3n) is 5.45. The first-order valence-corrected chi connectivity index (χ1v) is 10.4. The van der Waals surface area contributed by atoms with E-state index in [2.05, 4.69) is 0 Å². The maximum atomic E-state index is 12.8. The van der Waals surface area contributed by atoms with Gasteiger partial charge in [-0.2, -0.15) is 0 Å². The number of Topliss-reactive ketones (excluding diaryl/α,β-unsaturated/α-hetero) is 1. The predicted molar refractivity (Wildman–Crippen MR) is 116 cm³/mol. The summed E-state index contributed by atoms with van der Waals surface area (Å²) in [6.45, 7) is 0.746. The van der Waals surface area contributed by atoms with E-state index in [4.69, 9.17) is 14.6 Å². The minimum atomic E-state index is -0.887. The van der Waals surface area contributed by atoms with E-state index in [1.165, 1.54) is 0 Å². The Labute approximate surface area is 181 Å². The lowest BCUT2D eigenvalue weighted by molar-refractivity contribution is -0.137. The molecule has 3 aromatic carbocycles. The molecule has 1 aliphatic rings. The lowest BCUT2D eigenvalue weighted by Crippen LogP contribution is -2.11. The van der Waals surface area contributed by atoms with Crippen molar-refractivity contribution >= 4 is 11.8 Å². The van der Waals surface area contributed by atoms with Crippen molar-refractivity contribution in [1.82, 2.24) is 0 Å². The molecule has 3 aromatic rings. The molecule has 0 saturated heterocycles. The van der Waals surface area contributed by atoms with Crippen LogP contribution in [0.4, 0.5) is 0 Å². The standard InChI is InChI=1S/C26H24O5/c27-25(28)12-11-20-13-21-14-23(30-16-18-7-3-1-4-8-18)24(15-22(21)26(20)29)31-17-19-9-5-2-6-10-19/h1-10,14-15,20H,11-13,16-17H2,(H,27,28). The number of benzene rings is 3. The first-order valence-electron chi connectivity index (χ1n) is 10.4. The second-order valence-electron chi connectivity index (χ2n) is 7.70. The van der Waals surface area contributed by atoms with Gasteiger partial charge in [0.1, 0.15) is 13.2 Å². The van der Waals surface area contributed by atoms with Crippen LogP contribution < -0.4 is 9.47 Å². The molecule has 0 saturated carbocycles. The van der Waals surface area contributed by atoms with Crippen molar-refractivity contribution in [3.05, 3.63) is 95.1 Å². The third-order valence-corrected chi connectivity index (χ3v) is 5.45. The van der Waals surface area contributed by atoms with Crippen LogP contribution in [-0.2, 0) is 24.4 Å². The maximum absolute atomic E-state index is 12.8.